The third kappa shape index (κ3) is 5.51. The summed E-state index contributed by atoms with van der Waals surface area (Å²) in [6, 6.07) is 15.2. The van der Waals surface area contributed by atoms with Gasteiger partial charge in [-0.05, 0) is 43.3 Å². The maximum absolute atomic E-state index is 12.3. The minimum atomic E-state index is -0.421. The van der Waals surface area contributed by atoms with Crippen molar-refractivity contribution in [1.82, 2.24) is 5.43 Å². The molecule has 31 heavy (non-hydrogen) atoms. The van der Waals surface area contributed by atoms with Crippen LogP contribution in [0, 0.1) is 0 Å². The molecule has 8 heteroatoms. The Labute approximate surface area is 179 Å². The second kappa shape index (κ2) is 10.1. The molecular weight excluding hydrogens is 400 g/mol. The summed E-state index contributed by atoms with van der Waals surface area (Å²) in [5.74, 6) is 1.26. The molecule has 0 radical (unpaired) electrons. The molecule has 0 aliphatic heterocycles. The molecule has 0 bridgehead atoms. The molecule has 1 N–H and O–H groups in total. The minimum Gasteiger partial charge on any atom is -0.497 e. The number of carbonyl (C=O) groups is 2. The third-order valence-corrected chi connectivity index (χ3v) is 4.28. The first kappa shape index (κ1) is 21.6. The van der Waals surface area contributed by atoms with E-state index < -0.39 is 5.91 Å². The van der Waals surface area contributed by atoms with Gasteiger partial charge in [-0.25, -0.2) is 10.2 Å². The first-order valence-corrected chi connectivity index (χ1v) is 9.48. The zero-order valence-electron chi connectivity index (χ0n) is 17.4. The van der Waals surface area contributed by atoms with Crippen molar-refractivity contribution in [3.05, 3.63) is 71.5 Å². The molecule has 1 amide bonds. The van der Waals surface area contributed by atoms with Crippen molar-refractivity contribution in [3.63, 3.8) is 0 Å². The lowest BCUT2D eigenvalue weighted by Crippen LogP contribution is -2.17. The molecule has 1 aromatic heterocycles. The molecule has 8 nitrogen and oxygen atoms in total. The summed E-state index contributed by atoms with van der Waals surface area (Å²) in [6.07, 6.45) is 1.39. The highest BCUT2D eigenvalue weighted by atomic mass is 16.5. The molecule has 0 saturated carbocycles. The van der Waals surface area contributed by atoms with Gasteiger partial charge in [0.25, 0.3) is 5.91 Å². The first-order valence-electron chi connectivity index (χ1n) is 9.48. The van der Waals surface area contributed by atoms with E-state index in [2.05, 4.69) is 10.5 Å². The van der Waals surface area contributed by atoms with Crippen LogP contribution in [0.4, 0.5) is 0 Å². The summed E-state index contributed by atoms with van der Waals surface area (Å²) in [5.41, 5.74) is 4.04. The van der Waals surface area contributed by atoms with Crippen LogP contribution >= 0.6 is 0 Å². The van der Waals surface area contributed by atoms with E-state index in [1.165, 1.54) is 20.4 Å². The maximum Gasteiger partial charge on any atom is 0.338 e. The smallest absolute Gasteiger partial charge is 0.338 e. The maximum atomic E-state index is 12.3. The second-order valence-corrected chi connectivity index (χ2v) is 6.30. The van der Waals surface area contributed by atoms with E-state index in [-0.39, 0.29) is 5.97 Å². The van der Waals surface area contributed by atoms with Gasteiger partial charge in [0.2, 0.25) is 0 Å². The Bertz CT molecular complexity index is 1060. The zero-order chi connectivity index (χ0) is 22.2. The molecular formula is C23H22N2O6. The van der Waals surface area contributed by atoms with E-state index in [0.717, 1.165) is 5.56 Å². The Morgan fingerprint density at radius 2 is 1.65 bits per heavy atom. The van der Waals surface area contributed by atoms with E-state index in [1.54, 1.807) is 61.5 Å². The number of amides is 1. The number of benzene rings is 2. The number of furan rings is 1. The molecule has 0 fully saturated rings. The van der Waals surface area contributed by atoms with Gasteiger partial charge in [-0.15, -0.1) is 0 Å². The Balaban J connectivity index is 1.64. The van der Waals surface area contributed by atoms with Crippen LogP contribution in [-0.2, 0) is 4.74 Å². The first-order chi connectivity index (χ1) is 15.0. The third-order valence-electron chi connectivity index (χ3n) is 4.28. The lowest BCUT2D eigenvalue weighted by Gasteiger charge is -2.07. The van der Waals surface area contributed by atoms with E-state index in [0.29, 0.717) is 40.8 Å². The fourth-order valence-corrected chi connectivity index (χ4v) is 2.72. The van der Waals surface area contributed by atoms with Crippen LogP contribution in [0.1, 0.15) is 33.4 Å². The summed E-state index contributed by atoms with van der Waals surface area (Å²) >= 11 is 0. The quantitative estimate of drug-likeness (QED) is 0.336. The van der Waals surface area contributed by atoms with Crippen molar-refractivity contribution in [2.75, 3.05) is 20.8 Å². The predicted molar refractivity (Wildman–Crippen MR) is 115 cm³/mol. The molecule has 3 rings (SSSR count). The molecule has 0 aliphatic rings. The normalized spacial score (nSPS) is 10.7. The molecule has 3 aromatic rings. The lowest BCUT2D eigenvalue weighted by atomic mass is 10.1. The molecule has 0 aliphatic carbocycles. The largest absolute Gasteiger partial charge is 0.497 e. The Morgan fingerprint density at radius 3 is 2.26 bits per heavy atom. The van der Waals surface area contributed by atoms with Crippen LogP contribution in [0.2, 0.25) is 0 Å². The number of rotatable bonds is 8. The van der Waals surface area contributed by atoms with Gasteiger partial charge in [0.15, 0.2) is 0 Å². The molecule has 0 atom stereocenters. The van der Waals surface area contributed by atoms with E-state index >= 15 is 0 Å². The zero-order valence-corrected chi connectivity index (χ0v) is 17.4. The van der Waals surface area contributed by atoms with Crippen molar-refractivity contribution in [1.29, 1.82) is 0 Å². The average molecular weight is 422 g/mol. The van der Waals surface area contributed by atoms with Crippen molar-refractivity contribution in [2.45, 2.75) is 6.92 Å². The lowest BCUT2D eigenvalue weighted by molar-refractivity contribution is 0.0526. The highest BCUT2D eigenvalue weighted by Crippen LogP contribution is 2.23. The van der Waals surface area contributed by atoms with Crippen LogP contribution in [0.5, 0.6) is 11.5 Å². The van der Waals surface area contributed by atoms with Gasteiger partial charge in [0.1, 0.15) is 23.0 Å². The van der Waals surface area contributed by atoms with Gasteiger partial charge in [-0.1, -0.05) is 12.1 Å². The molecule has 0 unspecified atom stereocenters. The fraction of sp³-hybridized carbons (Fsp3) is 0.174. The number of hydrazone groups is 1. The highest BCUT2D eigenvalue weighted by Gasteiger charge is 2.10. The standard InChI is InChI=1S/C23H22N2O6/c1-4-30-23(27)16-7-5-15(6-8-16)21-10-9-18(31-21)14-24-25-22(26)17-11-19(28-2)13-20(12-17)29-3/h5-14H,4H2,1-3H3,(H,25,26)/b24-14-. The number of esters is 1. The number of ether oxygens (including phenoxy) is 3. The SMILES string of the molecule is CCOC(=O)c1ccc(-c2ccc(/C=N\NC(=O)c3cc(OC)cc(OC)c3)o2)cc1. The van der Waals surface area contributed by atoms with Crippen molar-refractivity contribution in [3.8, 4) is 22.8 Å². The molecule has 2 aromatic carbocycles. The topological polar surface area (TPSA) is 99.4 Å². The second-order valence-electron chi connectivity index (χ2n) is 6.30. The summed E-state index contributed by atoms with van der Waals surface area (Å²) in [5, 5.41) is 3.93. The monoisotopic (exact) mass is 422 g/mol. The van der Waals surface area contributed by atoms with Gasteiger partial charge in [0, 0.05) is 17.2 Å². The summed E-state index contributed by atoms with van der Waals surface area (Å²) in [7, 11) is 3.01. The summed E-state index contributed by atoms with van der Waals surface area (Å²) < 4.78 is 21.0. The number of hydrogen-bond acceptors (Lipinski definition) is 7. The predicted octanol–water partition coefficient (Wildman–Crippen LogP) is 3.90. The Kier molecular flexibility index (Phi) is 7.05. The van der Waals surface area contributed by atoms with Gasteiger partial charge < -0.3 is 18.6 Å². The minimum absolute atomic E-state index is 0.323. The number of carbonyl (C=O) groups excluding carboxylic acids is 2. The van der Waals surface area contributed by atoms with E-state index in [9.17, 15) is 9.59 Å². The summed E-state index contributed by atoms with van der Waals surface area (Å²) in [4.78, 5) is 24.1. The number of hydrogen-bond donors (Lipinski definition) is 1. The molecule has 1 heterocycles. The van der Waals surface area contributed by atoms with Crippen molar-refractivity contribution < 1.29 is 28.2 Å². The van der Waals surface area contributed by atoms with Crippen LogP contribution in [0.25, 0.3) is 11.3 Å². The Hall–Kier alpha value is -4.07. The van der Waals surface area contributed by atoms with Crippen LogP contribution in [0.15, 0.2) is 64.1 Å². The highest BCUT2D eigenvalue weighted by molar-refractivity contribution is 5.95. The van der Waals surface area contributed by atoms with Crippen molar-refractivity contribution in [2.24, 2.45) is 5.10 Å². The van der Waals surface area contributed by atoms with Gasteiger partial charge in [-0.2, -0.15) is 5.10 Å². The molecule has 160 valence electrons. The van der Waals surface area contributed by atoms with E-state index in [1.807, 2.05) is 0 Å². The van der Waals surface area contributed by atoms with Gasteiger partial charge >= 0.3 is 5.97 Å². The number of methoxy groups -OCH3 is 2. The van der Waals surface area contributed by atoms with Crippen LogP contribution in [-0.4, -0.2) is 38.9 Å². The van der Waals surface area contributed by atoms with Crippen LogP contribution in [0.3, 0.4) is 0 Å². The van der Waals surface area contributed by atoms with Crippen LogP contribution < -0.4 is 14.9 Å². The summed E-state index contributed by atoms with van der Waals surface area (Å²) in [6.45, 7) is 2.08. The van der Waals surface area contributed by atoms with E-state index in [4.69, 9.17) is 18.6 Å². The molecule has 0 spiro atoms. The molecule has 0 saturated heterocycles. The number of nitrogens with one attached hydrogen (secondary N) is 1. The Morgan fingerprint density at radius 1 is 0.968 bits per heavy atom. The van der Waals surface area contributed by atoms with Gasteiger partial charge in [-0.3, -0.25) is 4.79 Å². The average Bonchev–Trinajstić information content (AvgIpc) is 3.27. The van der Waals surface area contributed by atoms with Crippen molar-refractivity contribution >= 4 is 18.1 Å². The van der Waals surface area contributed by atoms with Gasteiger partial charge in [0.05, 0.1) is 32.6 Å². The number of nitrogens with zero attached hydrogens (tertiary/aromatic N) is 1. The fourth-order valence-electron chi connectivity index (χ4n) is 2.72.